The summed E-state index contributed by atoms with van der Waals surface area (Å²) in [5.41, 5.74) is 3.65. The summed E-state index contributed by atoms with van der Waals surface area (Å²) < 4.78 is 10.6. The van der Waals surface area contributed by atoms with E-state index in [1.807, 2.05) is 0 Å². The molecule has 0 aliphatic rings. The number of nitrogens with zero attached hydrogens (tertiary/aromatic N) is 4. The maximum atomic E-state index is 11.2. The molecule has 1 aromatic heterocycles. The largest absolute Gasteiger partial charge is 0.497 e. The topological polar surface area (TPSA) is 178 Å². The maximum absolute atomic E-state index is 11.2. The second-order valence-corrected chi connectivity index (χ2v) is 6.12. The highest BCUT2D eigenvalue weighted by atomic mass is 16.6. The van der Waals surface area contributed by atoms with Gasteiger partial charge in [-0.2, -0.15) is 9.97 Å². The van der Waals surface area contributed by atoms with Gasteiger partial charge in [0.25, 0.3) is 5.88 Å². The lowest BCUT2D eigenvalue weighted by molar-refractivity contribution is -0.385. The predicted octanol–water partition coefficient (Wildman–Crippen LogP) is 1.78. The Bertz CT molecular complexity index is 884. The number of hydrogen-bond acceptors (Lipinski definition) is 11. The first-order valence-electron chi connectivity index (χ1n) is 7.95. The van der Waals surface area contributed by atoms with Gasteiger partial charge in [-0.15, -0.1) is 0 Å². The fourth-order valence-corrected chi connectivity index (χ4v) is 2.24. The Balaban J connectivity index is 2.20. The SMILES string of the molecule is COc1ccc(OCC(=NO)C(C)(C)Nc2nc(N)nc(O)c2[N+](=O)[O-])cc1. The number of oxime groups is 1. The van der Waals surface area contributed by atoms with Crippen molar-refractivity contribution in [1.82, 2.24) is 9.97 Å². The number of aromatic nitrogens is 2. The summed E-state index contributed by atoms with van der Waals surface area (Å²) in [6, 6.07) is 6.74. The third-order valence-electron chi connectivity index (χ3n) is 3.77. The summed E-state index contributed by atoms with van der Waals surface area (Å²) in [5.74, 6) is -0.428. The van der Waals surface area contributed by atoms with Crippen molar-refractivity contribution in [3.63, 3.8) is 0 Å². The molecule has 12 heteroatoms. The van der Waals surface area contributed by atoms with Crippen LogP contribution in [0.1, 0.15) is 13.8 Å². The molecule has 2 rings (SSSR count). The zero-order valence-corrected chi connectivity index (χ0v) is 15.4. The van der Waals surface area contributed by atoms with Crippen molar-refractivity contribution in [3.05, 3.63) is 34.4 Å². The lowest BCUT2D eigenvalue weighted by Crippen LogP contribution is -2.43. The molecular weight excluding hydrogens is 372 g/mol. The maximum Gasteiger partial charge on any atom is 0.372 e. The Morgan fingerprint density at radius 1 is 1.32 bits per heavy atom. The smallest absolute Gasteiger partial charge is 0.372 e. The zero-order valence-electron chi connectivity index (χ0n) is 15.4. The Hall–Kier alpha value is -3.83. The number of benzene rings is 1. The first-order chi connectivity index (χ1) is 13.2. The first kappa shape index (κ1) is 20.5. The molecule has 12 nitrogen and oxygen atoms in total. The molecule has 0 aliphatic heterocycles. The van der Waals surface area contributed by atoms with Crippen LogP contribution in [0.2, 0.25) is 0 Å². The van der Waals surface area contributed by atoms with Crippen LogP contribution in [-0.4, -0.2) is 50.2 Å². The molecule has 2 aromatic rings. The summed E-state index contributed by atoms with van der Waals surface area (Å²) in [4.78, 5) is 17.5. The van der Waals surface area contributed by atoms with E-state index in [1.165, 1.54) is 7.11 Å². The molecule has 0 radical (unpaired) electrons. The van der Waals surface area contributed by atoms with Crippen LogP contribution in [0, 0.1) is 10.1 Å². The Morgan fingerprint density at radius 2 is 1.93 bits per heavy atom. The molecule has 0 fully saturated rings. The van der Waals surface area contributed by atoms with Crippen molar-refractivity contribution in [2.75, 3.05) is 24.8 Å². The third kappa shape index (κ3) is 4.66. The number of ether oxygens (including phenoxy) is 2. The second-order valence-electron chi connectivity index (χ2n) is 6.12. The third-order valence-corrected chi connectivity index (χ3v) is 3.77. The molecule has 150 valence electrons. The summed E-state index contributed by atoms with van der Waals surface area (Å²) in [6.45, 7) is 3.03. The first-order valence-corrected chi connectivity index (χ1v) is 7.95. The molecule has 0 bridgehead atoms. The van der Waals surface area contributed by atoms with Crippen LogP contribution < -0.4 is 20.5 Å². The van der Waals surface area contributed by atoms with Gasteiger partial charge in [0.15, 0.2) is 0 Å². The van der Waals surface area contributed by atoms with Gasteiger partial charge in [0.2, 0.25) is 11.8 Å². The van der Waals surface area contributed by atoms with Gasteiger partial charge in [-0.3, -0.25) is 10.1 Å². The van der Waals surface area contributed by atoms with Crippen molar-refractivity contribution in [1.29, 1.82) is 0 Å². The van der Waals surface area contributed by atoms with Crippen LogP contribution >= 0.6 is 0 Å². The fourth-order valence-electron chi connectivity index (χ4n) is 2.24. The minimum Gasteiger partial charge on any atom is -0.497 e. The normalized spacial score (nSPS) is 11.8. The van der Waals surface area contributed by atoms with Gasteiger partial charge in [-0.1, -0.05) is 5.16 Å². The molecular formula is C16H20N6O6. The lowest BCUT2D eigenvalue weighted by Gasteiger charge is -2.27. The molecule has 0 spiro atoms. The average Bonchev–Trinajstić information content (AvgIpc) is 2.61. The Morgan fingerprint density at radius 3 is 2.46 bits per heavy atom. The zero-order chi connectivity index (χ0) is 20.9. The van der Waals surface area contributed by atoms with Gasteiger partial charge in [-0.05, 0) is 38.1 Å². The molecule has 5 N–H and O–H groups in total. The lowest BCUT2D eigenvalue weighted by atomic mass is 9.98. The molecule has 28 heavy (non-hydrogen) atoms. The summed E-state index contributed by atoms with van der Waals surface area (Å²) >= 11 is 0. The van der Waals surface area contributed by atoms with Crippen LogP contribution in [-0.2, 0) is 0 Å². The van der Waals surface area contributed by atoms with Crippen molar-refractivity contribution in [3.8, 4) is 17.4 Å². The van der Waals surface area contributed by atoms with E-state index in [-0.39, 0.29) is 24.1 Å². The van der Waals surface area contributed by atoms with Crippen molar-refractivity contribution in [2.45, 2.75) is 19.4 Å². The van der Waals surface area contributed by atoms with E-state index < -0.39 is 22.0 Å². The van der Waals surface area contributed by atoms with Crippen LogP contribution in [0.4, 0.5) is 17.5 Å². The van der Waals surface area contributed by atoms with Crippen molar-refractivity contribution >= 4 is 23.2 Å². The highest BCUT2D eigenvalue weighted by Crippen LogP contribution is 2.33. The van der Waals surface area contributed by atoms with Crippen molar-refractivity contribution < 1.29 is 24.7 Å². The van der Waals surface area contributed by atoms with E-state index in [0.29, 0.717) is 11.5 Å². The molecule has 0 amide bonds. The van der Waals surface area contributed by atoms with E-state index >= 15 is 0 Å². The van der Waals surface area contributed by atoms with E-state index in [4.69, 9.17) is 15.2 Å². The Kier molecular flexibility index (Phi) is 6.03. The van der Waals surface area contributed by atoms with E-state index in [2.05, 4.69) is 20.4 Å². The number of nitrogens with one attached hydrogen (secondary N) is 1. The molecule has 1 heterocycles. The highest BCUT2D eigenvalue weighted by molar-refractivity contribution is 5.96. The summed E-state index contributed by atoms with van der Waals surface area (Å²) in [6.07, 6.45) is 0. The summed E-state index contributed by atoms with van der Waals surface area (Å²) in [7, 11) is 1.54. The standard InChI is InChI=1S/C16H20N6O6/c1-16(2,20-13-12(22(25)26)14(23)19-15(17)18-13)11(21-24)8-28-10-6-4-9(27-3)5-7-10/h4-7,24H,8H2,1-3H3,(H4,17,18,19,20,23). The Labute approximate surface area is 159 Å². The molecule has 0 aliphatic carbocycles. The minimum absolute atomic E-state index is 0.106. The quantitative estimate of drug-likeness (QED) is 0.224. The fraction of sp³-hybridized carbons (Fsp3) is 0.312. The number of rotatable bonds is 8. The van der Waals surface area contributed by atoms with Crippen LogP contribution in [0.5, 0.6) is 17.4 Å². The molecule has 0 saturated heterocycles. The van der Waals surface area contributed by atoms with Crippen LogP contribution in [0.15, 0.2) is 29.4 Å². The number of methoxy groups -OCH3 is 1. The number of anilines is 2. The summed E-state index contributed by atoms with van der Waals surface area (Å²) in [5, 5.41) is 36.3. The predicted molar refractivity (Wildman–Crippen MR) is 100 cm³/mol. The number of nitro groups is 1. The van der Waals surface area contributed by atoms with Gasteiger partial charge in [0.05, 0.1) is 17.6 Å². The van der Waals surface area contributed by atoms with Gasteiger partial charge in [0, 0.05) is 0 Å². The van der Waals surface area contributed by atoms with E-state index in [1.54, 1.807) is 38.1 Å². The van der Waals surface area contributed by atoms with Gasteiger partial charge < -0.3 is 30.8 Å². The van der Waals surface area contributed by atoms with E-state index in [0.717, 1.165) is 0 Å². The molecule has 0 unspecified atom stereocenters. The van der Waals surface area contributed by atoms with Crippen LogP contribution in [0.3, 0.4) is 0 Å². The molecule has 1 aromatic carbocycles. The van der Waals surface area contributed by atoms with E-state index in [9.17, 15) is 20.4 Å². The number of nitrogen functional groups attached to an aromatic ring is 1. The minimum atomic E-state index is -1.15. The molecule has 0 saturated carbocycles. The average molecular weight is 392 g/mol. The second kappa shape index (κ2) is 8.24. The van der Waals surface area contributed by atoms with Gasteiger partial charge >= 0.3 is 5.69 Å². The number of nitrogens with two attached hydrogens (primary N) is 1. The van der Waals surface area contributed by atoms with Gasteiger partial charge in [-0.25, -0.2) is 0 Å². The number of hydrogen-bond donors (Lipinski definition) is 4. The molecule has 0 atom stereocenters. The van der Waals surface area contributed by atoms with Gasteiger partial charge in [0.1, 0.15) is 23.8 Å². The highest BCUT2D eigenvalue weighted by Gasteiger charge is 2.32. The van der Waals surface area contributed by atoms with Crippen LogP contribution in [0.25, 0.3) is 0 Å². The van der Waals surface area contributed by atoms with Crippen molar-refractivity contribution in [2.24, 2.45) is 5.16 Å². The monoisotopic (exact) mass is 392 g/mol. The number of aromatic hydroxyl groups is 1.